The van der Waals surface area contributed by atoms with Gasteiger partial charge in [-0.2, -0.15) is 13.2 Å². The van der Waals surface area contributed by atoms with Gasteiger partial charge in [-0.15, -0.1) is 0 Å². The van der Waals surface area contributed by atoms with Gasteiger partial charge in [0.2, 0.25) is 0 Å². The number of alkyl halides is 3. The lowest BCUT2D eigenvalue weighted by Crippen LogP contribution is -2.45. The second-order valence-electron chi connectivity index (χ2n) is 5.73. The predicted octanol–water partition coefficient (Wildman–Crippen LogP) is 3.25. The van der Waals surface area contributed by atoms with Crippen LogP contribution in [0.5, 0.6) is 0 Å². The van der Waals surface area contributed by atoms with Crippen LogP contribution in [0.1, 0.15) is 52.4 Å². The standard InChI is InChI=1S/C13H24F3NO/c1-3-7-12(2,18)9-17-11-6-4-5-10(8-11)13(14,15)16/h10-11,17-18H,3-9H2,1-2H3. The number of hydrogen-bond donors (Lipinski definition) is 2. The van der Waals surface area contributed by atoms with E-state index in [9.17, 15) is 18.3 Å². The van der Waals surface area contributed by atoms with E-state index in [2.05, 4.69) is 5.32 Å². The van der Waals surface area contributed by atoms with Crippen LogP contribution in [-0.2, 0) is 0 Å². The molecule has 2 N–H and O–H groups in total. The number of rotatable bonds is 5. The average Bonchev–Trinajstić information content (AvgIpc) is 2.26. The Morgan fingerprint density at radius 2 is 1.94 bits per heavy atom. The van der Waals surface area contributed by atoms with E-state index in [0.29, 0.717) is 19.4 Å². The topological polar surface area (TPSA) is 32.3 Å². The van der Waals surface area contributed by atoms with Crippen LogP contribution in [0.25, 0.3) is 0 Å². The van der Waals surface area contributed by atoms with Crippen LogP contribution in [0.3, 0.4) is 0 Å². The molecule has 1 fully saturated rings. The summed E-state index contributed by atoms with van der Waals surface area (Å²) >= 11 is 0. The normalized spacial score (nSPS) is 29.0. The van der Waals surface area contributed by atoms with E-state index >= 15 is 0 Å². The SMILES string of the molecule is CCCC(C)(O)CNC1CCCC(C(F)(F)F)C1. The van der Waals surface area contributed by atoms with Crippen molar-refractivity contribution < 1.29 is 18.3 Å². The van der Waals surface area contributed by atoms with Crippen molar-refractivity contribution in [3.05, 3.63) is 0 Å². The van der Waals surface area contributed by atoms with Crippen LogP contribution in [0.4, 0.5) is 13.2 Å². The molecule has 2 nitrogen and oxygen atoms in total. The second-order valence-corrected chi connectivity index (χ2v) is 5.73. The molecule has 0 heterocycles. The van der Waals surface area contributed by atoms with Crippen molar-refractivity contribution in [3.8, 4) is 0 Å². The van der Waals surface area contributed by atoms with Crippen molar-refractivity contribution in [1.82, 2.24) is 5.32 Å². The molecule has 0 bridgehead atoms. The van der Waals surface area contributed by atoms with Crippen molar-refractivity contribution in [2.45, 2.75) is 70.2 Å². The minimum absolute atomic E-state index is 0.117. The molecule has 0 spiro atoms. The molecule has 0 aromatic carbocycles. The summed E-state index contributed by atoms with van der Waals surface area (Å²) in [5.41, 5.74) is -0.820. The fraction of sp³-hybridized carbons (Fsp3) is 1.00. The highest BCUT2D eigenvalue weighted by Gasteiger charge is 2.42. The van der Waals surface area contributed by atoms with Crippen LogP contribution < -0.4 is 5.32 Å². The summed E-state index contributed by atoms with van der Waals surface area (Å²) in [6, 6.07) is -0.117. The van der Waals surface area contributed by atoms with Crippen LogP contribution in [0.15, 0.2) is 0 Å². The van der Waals surface area contributed by atoms with Crippen LogP contribution in [0.2, 0.25) is 0 Å². The summed E-state index contributed by atoms with van der Waals surface area (Å²) in [7, 11) is 0. The number of halogens is 3. The Morgan fingerprint density at radius 3 is 2.50 bits per heavy atom. The maximum Gasteiger partial charge on any atom is 0.391 e. The molecule has 108 valence electrons. The smallest absolute Gasteiger partial charge is 0.389 e. The number of aliphatic hydroxyl groups is 1. The van der Waals surface area contributed by atoms with E-state index in [-0.39, 0.29) is 18.9 Å². The maximum absolute atomic E-state index is 12.6. The summed E-state index contributed by atoms with van der Waals surface area (Å²) in [6.45, 7) is 4.08. The summed E-state index contributed by atoms with van der Waals surface area (Å²) in [6.07, 6.45) is -0.780. The minimum atomic E-state index is -4.08. The van der Waals surface area contributed by atoms with E-state index in [4.69, 9.17) is 0 Å². The molecule has 0 aromatic heterocycles. The lowest BCUT2D eigenvalue weighted by Gasteiger charge is -2.33. The lowest BCUT2D eigenvalue weighted by molar-refractivity contribution is -0.183. The third kappa shape index (κ3) is 5.14. The highest BCUT2D eigenvalue weighted by atomic mass is 19.4. The third-order valence-electron chi connectivity index (χ3n) is 3.70. The Hall–Kier alpha value is -0.290. The quantitative estimate of drug-likeness (QED) is 0.801. The van der Waals surface area contributed by atoms with Gasteiger partial charge in [-0.05, 0) is 32.6 Å². The molecule has 0 amide bonds. The first kappa shape index (κ1) is 15.8. The molecular weight excluding hydrogens is 243 g/mol. The van der Waals surface area contributed by atoms with Gasteiger partial charge in [0.05, 0.1) is 11.5 Å². The Kier molecular flexibility index (Phi) is 5.46. The van der Waals surface area contributed by atoms with E-state index in [0.717, 1.165) is 12.8 Å². The Bertz CT molecular complexity index is 253. The zero-order valence-electron chi connectivity index (χ0n) is 11.2. The molecule has 1 saturated carbocycles. The first-order chi connectivity index (χ1) is 8.24. The fourth-order valence-electron chi connectivity index (χ4n) is 2.66. The van der Waals surface area contributed by atoms with Crippen molar-refractivity contribution in [3.63, 3.8) is 0 Å². The summed E-state index contributed by atoms with van der Waals surface area (Å²) in [4.78, 5) is 0. The van der Waals surface area contributed by atoms with Crippen LogP contribution in [0, 0.1) is 5.92 Å². The summed E-state index contributed by atoms with van der Waals surface area (Å²) in [5.74, 6) is -1.18. The molecule has 3 atom stereocenters. The van der Waals surface area contributed by atoms with Gasteiger partial charge in [0.1, 0.15) is 0 Å². The summed E-state index contributed by atoms with van der Waals surface area (Å²) in [5, 5.41) is 13.1. The Labute approximate surface area is 107 Å². The Balaban J connectivity index is 2.39. The van der Waals surface area contributed by atoms with Crippen molar-refractivity contribution in [1.29, 1.82) is 0 Å². The monoisotopic (exact) mass is 267 g/mol. The second kappa shape index (κ2) is 6.24. The zero-order valence-corrected chi connectivity index (χ0v) is 11.2. The molecule has 1 aliphatic rings. The Morgan fingerprint density at radius 1 is 1.28 bits per heavy atom. The minimum Gasteiger partial charge on any atom is -0.389 e. The van der Waals surface area contributed by atoms with Gasteiger partial charge in [-0.3, -0.25) is 0 Å². The molecule has 18 heavy (non-hydrogen) atoms. The average molecular weight is 267 g/mol. The van der Waals surface area contributed by atoms with Crippen LogP contribution in [-0.4, -0.2) is 29.5 Å². The molecule has 0 radical (unpaired) electrons. The zero-order chi connectivity index (χ0) is 13.8. The van der Waals surface area contributed by atoms with Gasteiger partial charge >= 0.3 is 6.18 Å². The number of hydrogen-bond acceptors (Lipinski definition) is 2. The highest BCUT2D eigenvalue weighted by Crippen LogP contribution is 2.37. The van der Waals surface area contributed by atoms with E-state index < -0.39 is 17.7 Å². The predicted molar refractivity (Wildman–Crippen MR) is 65.3 cm³/mol. The van der Waals surface area contributed by atoms with Gasteiger partial charge in [-0.25, -0.2) is 0 Å². The van der Waals surface area contributed by atoms with Gasteiger partial charge < -0.3 is 10.4 Å². The molecule has 5 heteroatoms. The number of nitrogens with one attached hydrogen (secondary N) is 1. The van der Waals surface area contributed by atoms with Gasteiger partial charge in [-0.1, -0.05) is 19.8 Å². The maximum atomic E-state index is 12.6. The summed E-state index contributed by atoms with van der Waals surface area (Å²) < 4.78 is 37.9. The van der Waals surface area contributed by atoms with Gasteiger partial charge in [0.25, 0.3) is 0 Å². The van der Waals surface area contributed by atoms with E-state index in [1.54, 1.807) is 6.92 Å². The molecule has 0 aliphatic heterocycles. The van der Waals surface area contributed by atoms with Crippen molar-refractivity contribution >= 4 is 0 Å². The highest BCUT2D eigenvalue weighted by molar-refractivity contribution is 4.84. The van der Waals surface area contributed by atoms with Gasteiger partial charge in [0.15, 0.2) is 0 Å². The fourth-order valence-corrected chi connectivity index (χ4v) is 2.66. The van der Waals surface area contributed by atoms with Crippen molar-refractivity contribution in [2.24, 2.45) is 5.92 Å². The first-order valence-electron chi connectivity index (χ1n) is 6.77. The molecular formula is C13H24F3NO. The van der Waals surface area contributed by atoms with Crippen molar-refractivity contribution in [2.75, 3.05) is 6.54 Å². The molecule has 3 unspecified atom stereocenters. The molecule has 0 aromatic rings. The molecule has 1 aliphatic carbocycles. The molecule has 0 saturated heterocycles. The lowest BCUT2D eigenvalue weighted by atomic mass is 9.85. The largest absolute Gasteiger partial charge is 0.391 e. The van der Waals surface area contributed by atoms with E-state index in [1.807, 2.05) is 6.92 Å². The molecule has 1 rings (SSSR count). The van der Waals surface area contributed by atoms with Gasteiger partial charge in [0, 0.05) is 12.6 Å². The first-order valence-corrected chi connectivity index (χ1v) is 6.77. The van der Waals surface area contributed by atoms with Crippen LogP contribution >= 0.6 is 0 Å². The van der Waals surface area contributed by atoms with E-state index in [1.165, 1.54) is 0 Å². The third-order valence-corrected chi connectivity index (χ3v) is 3.70.